The second-order valence-electron chi connectivity index (χ2n) is 5.37. The van der Waals surface area contributed by atoms with E-state index in [4.69, 9.17) is 0 Å². The lowest BCUT2D eigenvalue weighted by atomic mass is 10.2. The molecule has 112 valence electrons. The molecule has 0 bridgehead atoms. The second-order valence-corrected chi connectivity index (χ2v) is 7.96. The van der Waals surface area contributed by atoms with Gasteiger partial charge in [-0.05, 0) is 58.4 Å². The lowest BCUT2D eigenvalue weighted by molar-refractivity contribution is 0.574. The fraction of sp³-hybridized carbons (Fsp3) is 0.571. The molecule has 1 aromatic rings. The maximum absolute atomic E-state index is 12.3. The SMILES string of the molecule is CCNCc1ccc(S(=O)(=O)NCC2CC2C)c(Br)c1. The van der Waals surface area contributed by atoms with Gasteiger partial charge in [0.2, 0.25) is 10.0 Å². The van der Waals surface area contributed by atoms with E-state index < -0.39 is 10.0 Å². The van der Waals surface area contributed by atoms with E-state index in [1.54, 1.807) is 6.07 Å². The van der Waals surface area contributed by atoms with Crippen LogP contribution in [-0.2, 0) is 16.6 Å². The Bertz CT molecular complexity index is 575. The topological polar surface area (TPSA) is 58.2 Å². The molecule has 2 rings (SSSR count). The van der Waals surface area contributed by atoms with Gasteiger partial charge in [-0.1, -0.05) is 19.9 Å². The normalized spacial score (nSPS) is 21.9. The Morgan fingerprint density at radius 2 is 2.10 bits per heavy atom. The van der Waals surface area contributed by atoms with Gasteiger partial charge in [-0.3, -0.25) is 0 Å². The zero-order chi connectivity index (χ0) is 14.8. The fourth-order valence-electron chi connectivity index (χ4n) is 2.12. The number of nitrogens with one attached hydrogen (secondary N) is 2. The van der Waals surface area contributed by atoms with Crippen LogP contribution in [0.3, 0.4) is 0 Å². The van der Waals surface area contributed by atoms with Gasteiger partial charge in [-0.2, -0.15) is 0 Å². The van der Waals surface area contributed by atoms with Crippen LogP contribution in [-0.4, -0.2) is 21.5 Å². The van der Waals surface area contributed by atoms with Crippen molar-refractivity contribution in [2.75, 3.05) is 13.1 Å². The summed E-state index contributed by atoms with van der Waals surface area (Å²) in [4.78, 5) is 0.311. The van der Waals surface area contributed by atoms with Crippen molar-refractivity contribution in [1.29, 1.82) is 0 Å². The van der Waals surface area contributed by atoms with E-state index in [0.717, 1.165) is 25.1 Å². The molecule has 1 aromatic carbocycles. The molecule has 2 unspecified atom stereocenters. The minimum absolute atomic E-state index is 0.311. The number of hydrogen-bond acceptors (Lipinski definition) is 3. The highest BCUT2D eigenvalue weighted by molar-refractivity contribution is 9.10. The molecule has 1 fully saturated rings. The van der Waals surface area contributed by atoms with Crippen molar-refractivity contribution in [2.24, 2.45) is 11.8 Å². The fourth-order valence-corrected chi connectivity index (χ4v) is 4.34. The lowest BCUT2D eigenvalue weighted by Gasteiger charge is -2.10. The molecule has 1 aliphatic carbocycles. The monoisotopic (exact) mass is 360 g/mol. The quantitative estimate of drug-likeness (QED) is 0.785. The molecule has 0 saturated heterocycles. The van der Waals surface area contributed by atoms with E-state index >= 15 is 0 Å². The zero-order valence-corrected chi connectivity index (χ0v) is 14.2. The Kier molecular flexibility index (Phi) is 5.23. The Hall–Kier alpha value is -0.430. The first-order valence-corrected chi connectivity index (χ1v) is 9.20. The summed E-state index contributed by atoms with van der Waals surface area (Å²) >= 11 is 3.36. The minimum Gasteiger partial charge on any atom is -0.313 e. The number of sulfonamides is 1. The molecule has 0 amide bonds. The molecule has 0 radical (unpaired) electrons. The molecule has 0 aromatic heterocycles. The lowest BCUT2D eigenvalue weighted by Crippen LogP contribution is -2.26. The Morgan fingerprint density at radius 1 is 1.40 bits per heavy atom. The maximum atomic E-state index is 12.3. The van der Waals surface area contributed by atoms with Crippen molar-refractivity contribution in [3.8, 4) is 0 Å². The molecule has 2 N–H and O–H groups in total. The van der Waals surface area contributed by atoms with Crippen molar-refractivity contribution in [3.63, 3.8) is 0 Å². The van der Waals surface area contributed by atoms with Crippen LogP contribution < -0.4 is 10.0 Å². The van der Waals surface area contributed by atoms with Crippen molar-refractivity contribution in [1.82, 2.24) is 10.0 Å². The van der Waals surface area contributed by atoms with Crippen LogP contribution in [0.1, 0.15) is 25.8 Å². The standard InChI is InChI=1S/C14H21BrN2O2S/c1-3-16-8-11-4-5-14(13(15)7-11)20(18,19)17-9-12-6-10(12)2/h4-5,7,10,12,16-17H,3,6,8-9H2,1-2H3. The highest BCUT2D eigenvalue weighted by Gasteiger charge is 2.33. The number of hydrogen-bond donors (Lipinski definition) is 2. The van der Waals surface area contributed by atoms with Crippen LogP contribution in [0.5, 0.6) is 0 Å². The van der Waals surface area contributed by atoms with Gasteiger partial charge in [0, 0.05) is 17.6 Å². The molecule has 1 aliphatic rings. The molecule has 0 aliphatic heterocycles. The van der Waals surface area contributed by atoms with E-state index in [1.165, 1.54) is 0 Å². The highest BCUT2D eigenvalue weighted by atomic mass is 79.9. The Balaban J connectivity index is 2.06. The number of halogens is 1. The summed E-state index contributed by atoms with van der Waals surface area (Å²) in [6, 6.07) is 5.37. The van der Waals surface area contributed by atoms with E-state index in [1.807, 2.05) is 19.1 Å². The van der Waals surface area contributed by atoms with Crippen LogP contribution >= 0.6 is 15.9 Å². The summed E-state index contributed by atoms with van der Waals surface area (Å²) in [6.45, 7) is 6.34. The van der Waals surface area contributed by atoms with Crippen LogP contribution in [0.25, 0.3) is 0 Å². The van der Waals surface area contributed by atoms with Crippen molar-refractivity contribution >= 4 is 26.0 Å². The van der Waals surface area contributed by atoms with Gasteiger partial charge >= 0.3 is 0 Å². The first-order valence-electron chi connectivity index (χ1n) is 6.93. The maximum Gasteiger partial charge on any atom is 0.241 e. The molecule has 0 heterocycles. The van der Waals surface area contributed by atoms with Crippen molar-refractivity contribution in [2.45, 2.75) is 31.7 Å². The van der Waals surface area contributed by atoms with Gasteiger partial charge in [0.15, 0.2) is 0 Å². The molecule has 1 saturated carbocycles. The van der Waals surface area contributed by atoms with Gasteiger partial charge in [0.05, 0.1) is 4.90 Å². The summed E-state index contributed by atoms with van der Waals surface area (Å²) in [5, 5.41) is 3.22. The average Bonchev–Trinajstić information content (AvgIpc) is 3.10. The smallest absolute Gasteiger partial charge is 0.241 e. The average molecular weight is 361 g/mol. The van der Waals surface area contributed by atoms with Gasteiger partial charge < -0.3 is 5.32 Å². The van der Waals surface area contributed by atoms with E-state index in [9.17, 15) is 8.42 Å². The first-order chi connectivity index (χ1) is 9.44. The summed E-state index contributed by atoms with van der Waals surface area (Å²) in [5.41, 5.74) is 1.06. The largest absolute Gasteiger partial charge is 0.313 e. The number of rotatable bonds is 7. The molecular formula is C14H21BrN2O2S. The predicted octanol–water partition coefficient (Wildman–Crippen LogP) is 2.49. The second kappa shape index (κ2) is 6.56. The molecular weight excluding hydrogens is 340 g/mol. The molecule has 6 heteroatoms. The third-order valence-corrected chi connectivity index (χ3v) is 6.08. The first kappa shape index (κ1) is 15.9. The predicted molar refractivity (Wildman–Crippen MR) is 84.0 cm³/mol. The van der Waals surface area contributed by atoms with E-state index in [-0.39, 0.29) is 0 Å². The van der Waals surface area contributed by atoms with Crippen LogP contribution in [0.4, 0.5) is 0 Å². The summed E-state index contributed by atoms with van der Waals surface area (Å²) in [6.07, 6.45) is 1.12. The molecule has 4 nitrogen and oxygen atoms in total. The Morgan fingerprint density at radius 3 is 2.65 bits per heavy atom. The number of benzene rings is 1. The van der Waals surface area contributed by atoms with Gasteiger partial charge in [0.1, 0.15) is 0 Å². The minimum atomic E-state index is -3.42. The van der Waals surface area contributed by atoms with Crippen molar-refractivity contribution in [3.05, 3.63) is 28.2 Å². The van der Waals surface area contributed by atoms with Crippen LogP contribution in [0, 0.1) is 11.8 Å². The van der Waals surface area contributed by atoms with Crippen molar-refractivity contribution < 1.29 is 8.42 Å². The highest BCUT2D eigenvalue weighted by Crippen LogP contribution is 2.37. The van der Waals surface area contributed by atoms with E-state index in [2.05, 4.69) is 32.9 Å². The third-order valence-electron chi connectivity index (χ3n) is 3.68. The van der Waals surface area contributed by atoms with Gasteiger partial charge in [-0.25, -0.2) is 13.1 Å². The molecule has 0 spiro atoms. The van der Waals surface area contributed by atoms with Crippen LogP contribution in [0.15, 0.2) is 27.6 Å². The molecule has 20 heavy (non-hydrogen) atoms. The summed E-state index contributed by atoms with van der Waals surface area (Å²) in [7, 11) is -3.42. The molecule has 2 atom stereocenters. The van der Waals surface area contributed by atoms with Crippen LogP contribution in [0.2, 0.25) is 0 Å². The van der Waals surface area contributed by atoms with Gasteiger partial charge in [-0.15, -0.1) is 0 Å². The third kappa shape index (κ3) is 4.04. The summed E-state index contributed by atoms with van der Waals surface area (Å²) < 4.78 is 27.8. The van der Waals surface area contributed by atoms with Gasteiger partial charge in [0.25, 0.3) is 0 Å². The summed E-state index contributed by atoms with van der Waals surface area (Å²) in [5.74, 6) is 1.14. The Labute approximate surface area is 129 Å². The van der Waals surface area contributed by atoms with E-state index in [0.29, 0.717) is 27.7 Å². The zero-order valence-electron chi connectivity index (χ0n) is 11.8.